The van der Waals surface area contributed by atoms with E-state index < -0.39 is 11.9 Å². The zero-order valence-corrected chi connectivity index (χ0v) is 15.3. The fraction of sp³-hybridized carbons (Fsp3) is 0.250. The fourth-order valence-corrected chi connectivity index (χ4v) is 3.49. The molecule has 1 amide bonds. The number of pyridine rings is 1. The summed E-state index contributed by atoms with van der Waals surface area (Å²) in [5.41, 5.74) is 4.02. The highest BCUT2D eigenvalue weighted by molar-refractivity contribution is 6.30. The summed E-state index contributed by atoms with van der Waals surface area (Å²) in [6, 6.07) is 8.64. The van der Waals surface area contributed by atoms with Gasteiger partial charge in [-0.15, -0.1) is 0 Å². The molecule has 0 spiro atoms. The second-order valence-corrected chi connectivity index (χ2v) is 6.97. The fourth-order valence-electron chi connectivity index (χ4n) is 3.38. The Morgan fingerprint density at radius 2 is 2.04 bits per heavy atom. The van der Waals surface area contributed by atoms with E-state index in [1.54, 1.807) is 18.2 Å². The third kappa shape index (κ3) is 3.80. The molecule has 7 heteroatoms. The van der Waals surface area contributed by atoms with Crippen molar-refractivity contribution in [3.8, 4) is 0 Å². The average Bonchev–Trinajstić information content (AvgIpc) is 3.06. The van der Waals surface area contributed by atoms with Gasteiger partial charge in [-0.2, -0.15) is 0 Å². The van der Waals surface area contributed by atoms with Gasteiger partial charge in [-0.05, 0) is 61.6 Å². The van der Waals surface area contributed by atoms with Crippen LogP contribution in [-0.4, -0.2) is 28.5 Å². The van der Waals surface area contributed by atoms with E-state index in [1.165, 1.54) is 23.9 Å². The Kier molecular flexibility index (Phi) is 4.81. The van der Waals surface area contributed by atoms with Crippen LogP contribution in [0.2, 0.25) is 5.02 Å². The number of aromatic nitrogens is 2. The lowest BCUT2D eigenvalue weighted by molar-refractivity contribution is -0.119. The van der Waals surface area contributed by atoms with Crippen LogP contribution in [0.25, 0.3) is 10.9 Å². The van der Waals surface area contributed by atoms with Gasteiger partial charge in [0.2, 0.25) is 0 Å². The predicted octanol–water partition coefficient (Wildman–Crippen LogP) is 3.89. The molecule has 0 atom stereocenters. The Morgan fingerprint density at radius 3 is 2.85 bits per heavy atom. The van der Waals surface area contributed by atoms with Crippen LogP contribution in [0.5, 0.6) is 0 Å². The predicted molar refractivity (Wildman–Crippen MR) is 103 cm³/mol. The lowest BCUT2D eigenvalue weighted by Gasteiger charge is -2.10. The molecule has 0 radical (unpaired) electrons. The maximum Gasteiger partial charge on any atom is 0.338 e. The van der Waals surface area contributed by atoms with E-state index in [4.69, 9.17) is 16.3 Å². The topological polar surface area (TPSA) is 84.1 Å². The molecule has 0 saturated heterocycles. The molecule has 0 fully saturated rings. The van der Waals surface area contributed by atoms with E-state index in [1.807, 2.05) is 12.1 Å². The molecule has 0 saturated carbocycles. The van der Waals surface area contributed by atoms with Crippen LogP contribution in [-0.2, 0) is 22.4 Å². The van der Waals surface area contributed by atoms with Crippen LogP contribution in [0, 0.1) is 0 Å². The normalized spacial score (nSPS) is 13.2. The van der Waals surface area contributed by atoms with Gasteiger partial charge in [0.15, 0.2) is 6.61 Å². The maximum absolute atomic E-state index is 12.3. The van der Waals surface area contributed by atoms with E-state index in [-0.39, 0.29) is 6.61 Å². The van der Waals surface area contributed by atoms with Gasteiger partial charge in [0.1, 0.15) is 5.82 Å². The number of nitrogens with one attached hydrogen (secondary N) is 2. The van der Waals surface area contributed by atoms with E-state index in [0.29, 0.717) is 16.4 Å². The van der Waals surface area contributed by atoms with Crippen molar-refractivity contribution in [1.82, 2.24) is 9.97 Å². The molecule has 0 aliphatic heterocycles. The summed E-state index contributed by atoms with van der Waals surface area (Å²) in [7, 11) is 0. The molecule has 3 aromatic rings. The van der Waals surface area contributed by atoms with Crippen molar-refractivity contribution in [2.75, 3.05) is 11.9 Å². The maximum atomic E-state index is 12.3. The van der Waals surface area contributed by atoms with Gasteiger partial charge in [0, 0.05) is 22.8 Å². The van der Waals surface area contributed by atoms with E-state index in [0.717, 1.165) is 30.2 Å². The van der Waals surface area contributed by atoms with Crippen molar-refractivity contribution in [3.63, 3.8) is 0 Å². The van der Waals surface area contributed by atoms with Gasteiger partial charge in [0.05, 0.1) is 10.6 Å². The van der Waals surface area contributed by atoms with Crippen molar-refractivity contribution in [2.45, 2.75) is 25.7 Å². The van der Waals surface area contributed by atoms with Gasteiger partial charge in [-0.3, -0.25) is 4.79 Å². The van der Waals surface area contributed by atoms with Crippen molar-refractivity contribution < 1.29 is 14.3 Å². The molecule has 1 aliphatic carbocycles. The van der Waals surface area contributed by atoms with Gasteiger partial charge in [0.25, 0.3) is 5.91 Å². The summed E-state index contributed by atoms with van der Waals surface area (Å²) in [5.74, 6) is -0.638. The average molecular weight is 384 g/mol. The van der Waals surface area contributed by atoms with Crippen LogP contribution >= 0.6 is 11.6 Å². The quantitative estimate of drug-likeness (QED) is 0.669. The van der Waals surface area contributed by atoms with Crippen LogP contribution in [0.15, 0.2) is 36.5 Å². The largest absolute Gasteiger partial charge is 0.452 e. The number of benzene rings is 1. The van der Waals surface area contributed by atoms with E-state index in [2.05, 4.69) is 15.3 Å². The molecule has 1 aromatic carbocycles. The highest BCUT2D eigenvalue weighted by Crippen LogP contribution is 2.29. The Bertz CT molecular complexity index is 1010. The Hall–Kier alpha value is -2.86. The molecule has 138 valence electrons. The van der Waals surface area contributed by atoms with Crippen LogP contribution < -0.4 is 5.32 Å². The number of H-pyrrole nitrogens is 1. The molecule has 2 N–H and O–H groups in total. The number of aryl methyl sites for hydroxylation is 2. The molecule has 0 unspecified atom stereocenters. The summed E-state index contributed by atoms with van der Waals surface area (Å²) >= 11 is 5.75. The lowest BCUT2D eigenvalue weighted by Crippen LogP contribution is -2.21. The number of halogens is 1. The third-order valence-electron chi connectivity index (χ3n) is 4.66. The van der Waals surface area contributed by atoms with E-state index in [9.17, 15) is 9.59 Å². The number of amides is 1. The second-order valence-electron chi connectivity index (χ2n) is 6.54. The summed E-state index contributed by atoms with van der Waals surface area (Å²) in [4.78, 5) is 31.7. The standard InChI is InChI=1S/C20H18ClN3O3/c21-13-6-8-18(22-10-13)24-19(25)11-27-20(26)12-5-7-17-15(9-12)14-3-1-2-4-16(14)23-17/h5-10,23H,1-4,11H2,(H,22,24,25). The summed E-state index contributed by atoms with van der Waals surface area (Å²) in [6.07, 6.45) is 5.84. The number of carbonyl (C=O) groups is 2. The number of fused-ring (bicyclic) bond motifs is 3. The smallest absolute Gasteiger partial charge is 0.338 e. The molecule has 2 heterocycles. The van der Waals surface area contributed by atoms with Crippen molar-refractivity contribution >= 4 is 40.2 Å². The van der Waals surface area contributed by atoms with Gasteiger partial charge in [-0.25, -0.2) is 9.78 Å². The number of rotatable bonds is 4. The second kappa shape index (κ2) is 7.40. The number of nitrogens with zero attached hydrogens (tertiary/aromatic N) is 1. The molecular weight excluding hydrogens is 366 g/mol. The number of esters is 1. The van der Waals surface area contributed by atoms with Crippen LogP contribution in [0.3, 0.4) is 0 Å². The zero-order chi connectivity index (χ0) is 18.8. The number of aromatic amines is 1. The number of hydrogen-bond donors (Lipinski definition) is 2. The minimum absolute atomic E-state index is 0.348. The monoisotopic (exact) mass is 383 g/mol. The number of hydrogen-bond acceptors (Lipinski definition) is 4. The minimum Gasteiger partial charge on any atom is -0.452 e. The third-order valence-corrected chi connectivity index (χ3v) is 4.89. The molecule has 27 heavy (non-hydrogen) atoms. The summed E-state index contributed by atoms with van der Waals surface area (Å²) in [6.45, 7) is -0.383. The molecular formula is C20H18ClN3O3. The molecule has 4 rings (SSSR count). The van der Waals surface area contributed by atoms with Crippen molar-refractivity contribution in [3.05, 3.63) is 58.4 Å². The van der Waals surface area contributed by atoms with Crippen molar-refractivity contribution in [2.24, 2.45) is 0 Å². The van der Waals surface area contributed by atoms with Crippen LogP contribution in [0.4, 0.5) is 5.82 Å². The SMILES string of the molecule is O=C(COC(=O)c1ccc2[nH]c3c(c2c1)CCCC3)Nc1ccc(Cl)cn1. The van der Waals surface area contributed by atoms with Crippen molar-refractivity contribution in [1.29, 1.82) is 0 Å². The van der Waals surface area contributed by atoms with Gasteiger partial charge in [-0.1, -0.05) is 11.6 Å². The highest BCUT2D eigenvalue weighted by Gasteiger charge is 2.17. The van der Waals surface area contributed by atoms with Gasteiger partial charge >= 0.3 is 5.97 Å². The first-order valence-electron chi connectivity index (χ1n) is 8.82. The first-order chi connectivity index (χ1) is 13.1. The number of carbonyl (C=O) groups excluding carboxylic acids is 2. The Morgan fingerprint density at radius 1 is 1.19 bits per heavy atom. The molecule has 1 aliphatic rings. The zero-order valence-electron chi connectivity index (χ0n) is 14.5. The highest BCUT2D eigenvalue weighted by atomic mass is 35.5. The number of ether oxygens (including phenoxy) is 1. The van der Waals surface area contributed by atoms with E-state index >= 15 is 0 Å². The first-order valence-corrected chi connectivity index (χ1v) is 9.20. The summed E-state index contributed by atoms with van der Waals surface area (Å²) in [5, 5.41) is 4.09. The first kappa shape index (κ1) is 17.5. The molecule has 0 bridgehead atoms. The summed E-state index contributed by atoms with van der Waals surface area (Å²) < 4.78 is 5.14. The molecule has 2 aromatic heterocycles. The lowest BCUT2D eigenvalue weighted by atomic mass is 9.95. The molecule has 6 nitrogen and oxygen atoms in total. The Labute approximate surface area is 160 Å². The number of anilines is 1. The van der Waals surface area contributed by atoms with Crippen LogP contribution in [0.1, 0.15) is 34.5 Å². The van der Waals surface area contributed by atoms with Gasteiger partial charge < -0.3 is 15.0 Å². The minimum atomic E-state index is -0.526. The Balaban J connectivity index is 1.42.